The Kier molecular flexibility index (Phi) is 2.42. The maximum atomic E-state index is 12.1. The molecule has 2 aliphatic carbocycles. The minimum atomic E-state index is 0.185. The normalized spacial score (nSPS) is 24.9. The van der Waals surface area contributed by atoms with Crippen molar-refractivity contribution in [1.29, 1.82) is 0 Å². The first-order valence-corrected chi connectivity index (χ1v) is 6.40. The Morgan fingerprint density at radius 3 is 2.94 bits per heavy atom. The van der Waals surface area contributed by atoms with Crippen molar-refractivity contribution in [3.63, 3.8) is 0 Å². The van der Waals surface area contributed by atoms with Gasteiger partial charge in [-0.1, -0.05) is 0 Å². The molecular formula is C14H18N2O. The van der Waals surface area contributed by atoms with Gasteiger partial charge >= 0.3 is 0 Å². The van der Waals surface area contributed by atoms with Gasteiger partial charge in [-0.15, -0.1) is 0 Å². The highest BCUT2D eigenvalue weighted by atomic mass is 16.1. The van der Waals surface area contributed by atoms with E-state index in [1.807, 2.05) is 13.0 Å². The SMILES string of the molecule is Cc1ccncc1NC(=O)[C@@H]1CCC2(CC2)C1. The number of aryl methyl sites for hydroxylation is 1. The molecule has 1 heterocycles. The van der Waals surface area contributed by atoms with Gasteiger partial charge in [-0.2, -0.15) is 0 Å². The van der Waals surface area contributed by atoms with Crippen molar-refractivity contribution < 1.29 is 4.79 Å². The number of carbonyl (C=O) groups excluding carboxylic acids is 1. The lowest BCUT2D eigenvalue weighted by molar-refractivity contribution is -0.119. The maximum absolute atomic E-state index is 12.1. The highest BCUT2D eigenvalue weighted by Gasteiger charge is 2.49. The van der Waals surface area contributed by atoms with Gasteiger partial charge in [0.15, 0.2) is 0 Å². The summed E-state index contributed by atoms with van der Waals surface area (Å²) in [5.41, 5.74) is 2.49. The molecule has 3 heteroatoms. The van der Waals surface area contributed by atoms with Crippen LogP contribution in [-0.4, -0.2) is 10.9 Å². The fourth-order valence-corrected chi connectivity index (χ4v) is 2.89. The third-order valence-electron chi connectivity index (χ3n) is 4.33. The Balaban J connectivity index is 1.66. The van der Waals surface area contributed by atoms with E-state index >= 15 is 0 Å². The maximum Gasteiger partial charge on any atom is 0.227 e. The highest BCUT2D eigenvalue weighted by Crippen LogP contribution is 2.59. The Bertz CT molecular complexity index is 451. The second-order valence-corrected chi connectivity index (χ2v) is 5.62. The van der Waals surface area contributed by atoms with Gasteiger partial charge in [-0.25, -0.2) is 0 Å². The van der Waals surface area contributed by atoms with Crippen LogP contribution in [0.5, 0.6) is 0 Å². The fraction of sp³-hybridized carbons (Fsp3) is 0.571. The van der Waals surface area contributed by atoms with Crippen LogP contribution in [0.2, 0.25) is 0 Å². The van der Waals surface area contributed by atoms with Crippen LogP contribution < -0.4 is 5.32 Å². The summed E-state index contributed by atoms with van der Waals surface area (Å²) in [5, 5.41) is 3.02. The Morgan fingerprint density at radius 2 is 2.29 bits per heavy atom. The zero-order valence-electron chi connectivity index (χ0n) is 10.2. The zero-order valence-corrected chi connectivity index (χ0v) is 10.2. The number of amides is 1. The molecule has 3 rings (SSSR count). The average molecular weight is 230 g/mol. The molecule has 1 amide bonds. The molecule has 3 nitrogen and oxygen atoms in total. The van der Waals surface area contributed by atoms with Crippen LogP contribution in [0.25, 0.3) is 0 Å². The number of aromatic nitrogens is 1. The van der Waals surface area contributed by atoms with Gasteiger partial charge in [-0.05, 0) is 56.1 Å². The van der Waals surface area contributed by atoms with Crippen molar-refractivity contribution in [2.24, 2.45) is 11.3 Å². The number of pyridine rings is 1. The van der Waals surface area contributed by atoms with Crippen LogP contribution in [-0.2, 0) is 4.79 Å². The minimum absolute atomic E-state index is 0.185. The van der Waals surface area contributed by atoms with Crippen LogP contribution >= 0.6 is 0 Å². The van der Waals surface area contributed by atoms with E-state index in [4.69, 9.17) is 0 Å². The van der Waals surface area contributed by atoms with E-state index in [-0.39, 0.29) is 11.8 Å². The van der Waals surface area contributed by atoms with Gasteiger partial charge in [-0.3, -0.25) is 9.78 Å². The molecule has 1 atom stereocenters. The van der Waals surface area contributed by atoms with Crippen molar-refractivity contribution in [2.45, 2.75) is 39.0 Å². The summed E-state index contributed by atoms with van der Waals surface area (Å²) in [7, 11) is 0. The third-order valence-corrected chi connectivity index (χ3v) is 4.33. The lowest BCUT2D eigenvalue weighted by atomic mass is 10.0. The molecule has 0 radical (unpaired) electrons. The van der Waals surface area contributed by atoms with E-state index in [1.54, 1.807) is 12.4 Å². The Hall–Kier alpha value is -1.38. The summed E-state index contributed by atoms with van der Waals surface area (Å²) in [6.45, 7) is 1.99. The summed E-state index contributed by atoms with van der Waals surface area (Å²) < 4.78 is 0. The number of hydrogen-bond acceptors (Lipinski definition) is 2. The first kappa shape index (κ1) is 10.8. The fourth-order valence-electron chi connectivity index (χ4n) is 2.89. The van der Waals surface area contributed by atoms with Gasteiger partial charge in [0.2, 0.25) is 5.91 Å². The zero-order chi connectivity index (χ0) is 11.9. The number of nitrogens with one attached hydrogen (secondary N) is 1. The molecule has 1 aromatic rings. The first-order valence-electron chi connectivity index (χ1n) is 6.40. The number of nitrogens with zero attached hydrogens (tertiary/aromatic N) is 1. The Labute approximate surface area is 102 Å². The van der Waals surface area contributed by atoms with Crippen LogP contribution in [0.3, 0.4) is 0 Å². The molecule has 1 N–H and O–H groups in total. The lowest BCUT2D eigenvalue weighted by Gasteiger charge is -2.12. The molecule has 0 saturated heterocycles. The lowest BCUT2D eigenvalue weighted by Crippen LogP contribution is -2.21. The number of anilines is 1. The molecule has 0 aromatic carbocycles. The smallest absolute Gasteiger partial charge is 0.227 e. The summed E-state index contributed by atoms with van der Waals surface area (Å²) in [4.78, 5) is 16.2. The summed E-state index contributed by atoms with van der Waals surface area (Å²) in [5.74, 6) is 0.405. The van der Waals surface area contributed by atoms with Crippen molar-refractivity contribution in [3.05, 3.63) is 24.0 Å². The summed E-state index contributed by atoms with van der Waals surface area (Å²) >= 11 is 0. The number of hydrogen-bond donors (Lipinski definition) is 1. The molecule has 17 heavy (non-hydrogen) atoms. The Morgan fingerprint density at radius 1 is 1.47 bits per heavy atom. The molecule has 2 saturated carbocycles. The highest BCUT2D eigenvalue weighted by molar-refractivity contribution is 5.93. The van der Waals surface area contributed by atoms with Gasteiger partial charge in [0, 0.05) is 12.1 Å². The first-order chi connectivity index (χ1) is 8.19. The summed E-state index contributed by atoms with van der Waals surface area (Å²) in [6, 6.07) is 1.92. The molecule has 1 spiro atoms. The molecule has 1 aromatic heterocycles. The number of rotatable bonds is 2. The van der Waals surface area contributed by atoms with Crippen LogP contribution in [0.4, 0.5) is 5.69 Å². The van der Waals surface area contributed by atoms with Crippen LogP contribution in [0.15, 0.2) is 18.5 Å². The van der Waals surface area contributed by atoms with E-state index in [9.17, 15) is 4.79 Å². The average Bonchev–Trinajstić information content (AvgIpc) is 2.92. The standard InChI is InChI=1S/C14H18N2O/c1-10-3-7-15-9-12(10)16-13(17)11-2-4-14(8-11)5-6-14/h3,7,9,11H,2,4-6,8H2,1H3,(H,16,17)/t11-/m1/s1. The second-order valence-electron chi connectivity index (χ2n) is 5.62. The molecule has 2 fully saturated rings. The topological polar surface area (TPSA) is 42.0 Å². The van der Waals surface area contributed by atoms with E-state index in [1.165, 1.54) is 19.3 Å². The van der Waals surface area contributed by atoms with Gasteiger partial charge < -0.3 is 5.32 Å². The van der Waals surface area contributed by atoms with Crippen molar-refractivity contribution in [2.75, 3.05) is 5.32 Å². The second kappa shape index (κ2) is 3.83. The third kappa shape index (κ3) is 2.06. The predicted octanol–water partition coefficient (Wildman–Crippen LogP) is 2.91. The van der Waals surface area contributed by atoms with Gasteiger partial charge in [0.05, 0.1) is 11.9 Å². The molecule has 0 unspecified atom stereocenters. The molecular weight excluding hydrogens is 212 g/mol. The van der Waals surface area contributed by atoms with Gasteiger partial charge in [0.25, 0.3) is 0 Å². The van der Waals surface area contributed by atoms with E-state index in [0.717, 1.165) is 24.1 Å². The molecule has 0 bridgehead atoms. The monoisotopic (exact) mass is 230 g/mol. The quantitative estimate of drug-likeness (QED) is 0.848. The minimum Gasteiger partial charge on any atom is -0.324 e. The van der Waals surface area contributed by atoms with Crippen molar-refractivity contribution in [3.8, 4) is 0 Å². The van der Waals surface area contributed by atoms with E-state index in [2.05, 4.69) is 10.3 Å². The van der Waals surface area contributed by atoms with Crippen LogP contribution in [0.1, 0.15) is 37.7 Å². The van der Waals surface area contributed by atoms with E-state index < -0.39 is 0 Å². The van der Waals surface area contributed by atoms with Crippen LogP contribution in [0, 0.1) is 18.3 Å². The van der Waals surface area contributed by atoms with Crippen molar-refractivity contribution in [1.82, 2.24) is 4.98 Å². The van der Waals surface area contributed by atoms with Crippen molar-refractivity contribution >= 4 is 11.6 Å². The summed E-state index contributed by atoms with van der Waals surface area (Å²) in [6.07, 6.45) is 9.56. The largest absolute Gasteiger partial charge is 0.324 e. The molecule has 90 valence electrons. The molecule has 2 aliphatic rings. The predicted molar refractivity (Wildman–Crippen MR) is 66.6 cm³/mol. The number of carbonyl (C=O) groups is 1. The van der Waals surface area contributed by atoms with Gasteiger partial charge in [0.1, 0.15) is 0 Å². The van der Waals surface area contributed by atoms with E-state index in [0.29, 0.717) is 5.41 Å². The molecule has 0 aliphatic heterocycles.